The molecule has 2 rings (SSSR count). The number of carboxylic acids is 1. The highest BCUT2D eigenvalue weighted by Crippen LogP contribution is 2.53. The molecule has 686 valence electrons. The molecule has 22 heteroatoms. The maximum absolute atomic E-state index is 15.8. The number of rotatable bonds is 84. The van der Waals surface area contributed by atoms with Gasteiger partial charge in [-0.15, -0.1) is 0 Å². The van der Waals surface area contributed by atoms with Gasteiger partial charge in [0, 0.05) is 25.3 Å². The third-order valence-corrected chi connectivity index (χ3v) is 23.9. The van der Waals surface area contributed by atoms with Crippen molar-refractivity contribution >= 4 is 49.5 Å². The molecule has 0 saturated carbocycles. The molecule has 0 aromatic heterocycles. The number of hydrogen-bond acceptors (Lipinski definition) is 18. The molecule has 21 nitrogen and oxygen atoms in total. The van der Waals surface area contributed by atoms with Crippen LogP contribution in [0.2, 0.25) is 0 Å². The van der Waals surface area contributed by atoms with E-state index >= 15 is 14.2 Å². The van der Waals surface area contributed by atoms with E-state index in [0.717, 1.165) is 231 Å². The van der Waals surface area contributed by atoms with Crippen LogP contribution in [0.1, 0.15) is 438 Å². The number of hydrogen-bond donors (Lipinski definition) is 6. The maximum Gasteiger partial charge on any atom is 0.475 e. The number of esters is 4. The van der Waals surface area contributed by atoms with Crippen LogP contribution in [0.4, 0.5) is 0 Å². The van der Waals surface area contributed by atoms with Gasteiger partial charge in [0.05, 0.1) is 57.6 Å². The summed E-state index contributed by atoms with van der Waals surface area (Å²) in [4.78, 5) is 99.7. The fourth-order valence-corrected chi connectivity index (χ4v) is 16.7. The molecule has 0 heterocycles. The predicted molar refractivity (Wildman–Crippen MR) is 476 cm³/mol. The number of phosphoric acid groups is 1. The number of phosphoric ester groups is 1. The van der Waals surface area contributed by atoms with Crippen molar-refractivity contribution in [1.82, 2.24) is 10.6 Å². The van der Waals surface area contributed by atoms with Crippen LogP contribution in [0.3, 0.4) is 0 Å². The van der Waals surface area contributed by atoms with Gasteiger partial charge in [-0.25, -0.2) is 4.57 Å². The zero-order chi connectivity index (χ0) is 86.9. The fourth-order valence-electron chi connectivity index (χ4n) is 15.3. The Kier molecular flexibility index (Phi) is 69.4. The summed E-state index contributed by atoms with van der Waals surface area (Å²) in [5, 5.41) is 53.2. The second kappa shape index (κ2) is 75.3. The highest BCUT2D eigenvalue weighted by molar-refractivity contribution is 7.48. The van der Waals surface area contributed by atoms with Crippen molar-refractivity contribution in [3.05, 3.63) is 71.8 Å². The molecule has 0 radical (unpaired) electrons. The summed E-state index contributed by atoms with van der Waals surface area (Å²) in [7, 11) is -5.10. The van der Waals surface area contributed by atoms with Crippen LogP contribution in [-0.4, -0.2) is 124 Å². The number of aliphatic carboxylic acids is 1. The van der Waals surface area contributed by atoms with E-state index in [1.54, 1.807) is 60.7 Å². The number of aliphatic hydroxyl groups is 3. The molecule has 0 saturated heterocycles. The zero-order valence-corrected chi connectivity index (χ0v) is 76.3. The van der Waals surface area contributed by atoms with Crippen LogP contribution in [0.25, 0.3) is 0 Å². The van der Waals surface area contributed by atoms with Gasteiger partial charge in [-0.05, 0) is 81.8 Å². The number of ether oxygens (including phenoxy) is 4. The van der Waals surface area contributed by atoms with Crippen LogP contribution in [0.5, 0.6) is 0 Å². The monoisotopic (exact) mass is 1700 g/mol. The van der Waals surface area contributed by atoms with E-state index in [1.165, 1.54) is 38.5 Å². The van der Waals surface area contributed by atoms with Crippen LogP contribution in [0, 0.1) is 0 Å². The maximum atomic E-state index is 15.8. The van der Waals surface area contributed by atoms with Crippen molar-refractivity contribution in [2.24, 2.45) is 0 Å². The lowest BCUT2D eigenvalue weighted by atomic mass is 9.92. The van der Waals surface area contributed by atoms with Crippen molar-refractivity contribution in [3.63, 3.8) is 0 Å². The summed E-state index contributed by atoms with van der Waals surface area (Å²) < 4.78 is 59.5. The number of carboxylic acid groups (broad SMARTS) is 1. The third-order valence-electron chi connectivity index (χ3n) is 22.5. The fraction of sp³-hybridized carbons (Fsp3) is 0.804. The van der Waals surface area contributed by atoms with Gasteiger partial charge in [-0.2, -0.15) is 0 Å². The molecule has 0 bridgehead atoms. The first kappa shape index (κ1) is 110. The van der Waals surface area contributed by atoms with Gasteiger partial charge in [0.2, 0.25) is 11.8 Å². The number of carbonyl (C=O) groups excluding carboxylic acids is 6. The predicted octanol–water partition coefficient (Wildman–Crippen LogP) is 23.9. The van der Waals surface area contributed by atoms with Gasteiger partial charge >= 0.3 is 37.7 Å². The summed E-state index contributed by atoms with van der Waals surface area (Å²) in [6, 6.07) is 14.2. The molecule has 2 aromatic rings. The van der Waals surface area contributed by atoms with E-state index in [-0.39, 0.29) is 51.7 Å². The van der Waals surface area contributed by atoms with Crippen LogP contribution in [0.15, 0.2) is 60.7 Å². The summed E-state index contributed by atoms with van der Waals surface area (Å²) >= 11 is 0. The van der Waals surface area contributed by atoms with Gasteiger partial charge in [0.15, 0.2) is 6.10 Å². The molecule has 9 atom stereocenters. The van der Waals surface area contributed by atoms with Gasteiger partial charge in [-0.1, -0.05) is 372 Å². The number of unbranched alkanes of at least 4 members (excludes halogenated alkanes) is 42. The molecule has 0 aliphatic heterocycles. The average molecular weight is 1700 g/mol. The number of aliphatic hydroxyl groups excluding tert-OH is 3. The van der Waals surface area contributed by atoms with Crippen molar-refractivity contribution in [3.8, 4) is 0 Å². The molecule has 119 heavy (non-hydrogen) atoms. The summed E-state index contributed by atoms with van der Waals surface area (Å²) in [6.07, 6.45) is 35.3. The van der Waals surface area contributed by atoms with Crippen LogP contribution in [-0.2, 0) is 83.9 Å². The lowest BCUT2D eigenvalue weighted by Crippen LogP contribution is -2.60. The summed E-state index contributed by atoms with van der Waals surface area (Å²) in [5.41, 5.74) is 1.05. The first-order valence-corrected chi connectivity index (χ1v) is 49.5. The highest BCUT2D eigenvalue weighted by Gasteiger charge is 2.47. The zero-order valence-electron chi connectivity index (χ0n) is 75.4. The number of amides is 2. The topological polar surface area (TPSA) is 306 Å². The minimum Gasteiger partial charge on any atom is -0.481 e. The smallest absolute Gasteiger partial charge is 0.475 e. The first-order valence-electron chi connectivity index (χ1n) is 48.0. The Labute approximate surface area is 720 Å². The summed E-state index contributed by atoms with van der Waals surface area (Å²) in [6.45, 7) is 11.1. The van der Waals surface area contributed by atoms with Crippen molar-refractivity contribution in [2.45, 2.75) is 495 Å². The van der Waals surface area contributed by atoms with E-state index in [9.17, 15) is 44.4 Å². The highest BCUT2D eigenvalue weighted by atomic mass is 31.2. The van der Waals surface area contributed by atoms with Crippen molar-refractivity contribution < 1.29 is 91.1 Å². The SMILES string of the molecule is CCCCCCCCCCC[C@H](CC(=O)N[C@@H](CC[C@H](O)[C@H](NC(=O)C[C@@H](CCCCCCCCCCC)OC(=O)CCCCCCCCC)[C@@H](OC(=O)C[C@@H](CCCCCCCCCCC)OC(=O)CCCCCCCCC)[C@H](OP(=O)(OCc1ccccc1)OCc1ccccc1)[C@H](O)CO)CC(=O)O)OC(=O)CCCCCCCCC. The second-order valence-electron chi connectivity index (χ2n) is 33.8. The molecule has 2 amide bonds. The van der Waals surface area contributed by atoms with Gasteiger partial charge in [0.25, 0.3) is 0 Å². The van der Waals surface area contributed by atoms with Crippen molar-refractivity contribution in [2.75, 3.05) is 6.61 Å². The minimum atomic E-state index is -5.10. The van der Waals surface area contributed by atoms with Gasteiger partial charge in [-0.3, -0.25) is 47.1 Å². The normalized spacial score (nSPS) is 14.0. The van der Waals surface area contributed by atoms with Gasteiger partial charge in [0.1, 0.15) is 30.5 Å². The molecular formula is C97H169N2O19P. The lowest BCUT2D eigenvalue weighted by Gasteiger charge is -2.39. The number of benzene rings is 2. The van der Waals surface area contributed by atoms with Crippen LogP contribution >= 0.6 is 7.82 Å². The number of nitrogens with one attached hydrogen (secondary N) is 2. The van der Waals surface area contributed by atoms with E-state index in [4.69, 9.17) is 32.5 Å². The Bertz CT molecular complexity index is 2810. The lowest BCUT2D eigenvalue weighted by molar-refractivity contribution is -0.174. The van der Waals surface area contributed by atoms with Crippen LogP contribution < -0.4 is 10.6 Å². The van der Waals surface area contributed by atoms with Crippen molar-refractivity contribution in [1.29, 1.82) is 0 Å². The van der Waals surface area contributed by atoms with E-state index < -0.39 is 137 Å². The van der Waals surface area contributed by atoms with E-state index in [1.807, 2.05) is 0 Å². The largest absolute Gasteiger partial charge is 0.481 e. The number of carbonyl (C=O) groups is 7. The molecule has 6 N–H and O–H groups in total. The molecule has 0 aliphatic carbocycles. The molecule has 2 aromatic carbocycles. The Morgan fingerprint density at radius 3 is 0.958 bits per heavy atom. The van der Waals surface area contributed by atoms with E-state index in [0.29, 0.717) is 62.5 Å². The molecule has 0 aliphatic rings. The Morgan fingerprint density at radius 1 is 0.336 bits per heavy atom. The second-order valence-corrected chi connectivity index (χ2v) is 35.4. The summed E-state index contributed by atoms with van der Waals surface area (Å²) in [5.74, 6) is -5.19. The Balaban J connectivity index is 2.99. The molecule has 0 fully saturated rings. The molecular weight excluding hydrogens is 1530 g/mol. The molecule has 0 unspecified atom stereocenters. The Hall–Kier alpha value is -5.28. The minimum absolute atomic E-state index is 0.102. The first-order chi connectivity index (χ1) is 57.8. The third kappa shape index (κ3) is 60.8. The van der Waals surface area contributed by atoms with E-state index in [2.05, 4.69) is 52.2 Å². The quantitative estimate of drug-likeness (QED) is 0.0155. The van der Waals surface area contributed by atoms with Gasteiger partial charge < -0.3 is 50.0 Å². The Morgan fingerprint density at radius 2 is 0.639 bits per heavy atom. The average Bonchev–Trinajstić information content (AvgIpc) is 0.803. The standard InChI is InChI=1S/C97H169N2O19P/c1-7-13-19-25-31-34-40-43-55-65-83(114-91(107)68-58-46-37-28-22-16-10-4)74-88(103)98-82(73-90(105)106)71-72-86(101)95(99-89(104)75-84(66-56-44-41-35-32-26-20-14-8-2)115-92(108)69-59-47-38-29-23-17-11-5)97(96(87(102)77-100)118-119(111,112-78-80-61-51-49-52-62-80)113-79-81-63-53-50-54-64-81)117-94(110)76-85(67-57-45-42-36-33-27-21-15-9-3)116-93(109)70-60-48-39-30-24-18-12-6/h49-54,61-64,82-87,95-97,100-102H,7-48,55-60,65-79H2,1-6H3,(H,98,103)(H,99,104)(H,105,106)/t82-,83+,84+,85+,86-,87+,95-,96+,97+/m0/s1. The molecule has 0 spiro atoms.